The monoisotopic (exact) mass is 448 g/mol. The maximum atomic E-state index is 13.4. The molecule has 8 heteroatoms. The predicted molar refractivity (Wildman–Crippen MR) is 127 cm³/mol. The van der Waals surface area contributed by atoms with Crippen molar-refractivity contribution < 1.29 is 19.2 Å². The molecule has 1 N–H and O–H groups in total. The van der Waals surface area contributed by atoms with Crippen molar-refractivity contribution in [3.05, 3.63) is 53.6 Å². The number of nitrogens with one attached hydrogen (secondary N) is 1. The smallest absolute Gasteiger partial charge is 0.253 e. The highest BCUT2D eigenvalue weighted by molar-refractivity contribution is 6.11. The van der Waals surface area contributed by atoms with Gasteiger partial charge in [-0.25, -0.2) is 0 Å². The minimum atomic E-state index is -0.349. The van der Waals surface area contributed by atoms with Gasteiger partial charge in [-0.3, -0.25) is 24.1 Å². The molecular formula is C25H28N4O4. The standard InChI is InChI=1S/C25H28N4O4/c1-16(30)17-7-10-19(11-8-17)26-23(31)15-29-22-14-18(24(32)27(2)3)9-12-20(22)28-13-5-4-6-21(28)25(29)33/h7-12,14,21H,4-6,13,15H2,1-3H3,(H,26,31)/t21-/m0/s1. The van der Waals surface area contributed by atoms with Crippen LogP contribution in [0, 0.1) is 0 Å². The Morgan fingerprint density at radius 2 is 1.70 bits per heavy atom. The highest BCUT2D eigenvalue weighted by Gasteiger charge is 2.40. The molecule has 0 spiro atoms. The number of rotatable bonds is 5. The molecule has 2 aromatic carbocycles. The summed E-state index contributed by atoms with van der Waals surface area (Å²) >= 11 is 0. The van der Waals surface area contributed by atoms with Crippen molar-refractivity contribution in [2.24, 2.45) is 0 Å². The number of hydrogen-bond acceptors (Lipinski definition) is 5. The van der Waals surface area contributed by atoms with Crippen LogP contribution in [0.15, 0.2) is 42.5 Å². The highest BCUT2D eigenvalue weighted by Crippen LogP contribution is 2.40. The van der Waals surface area contributed by atoms with Crippen molar-refractivity contribution >= 4 is 40.6 Å². The molecule has 4 rings (SSSR count). The number of nitrogens with zero attached hydrogens (tertiary/aromatic N) is 3. The molecule has 33 heavy (non-hydrogen) atoms. The lowest BCUT2D eigenvalue weighted by Crippen LogP contribution is -2.56. The fourth-order valence-corrected chi connectivity index (χ4v) is 4.44. The van der Waals surface area contributed by atoms with Gasteiger partial charge in [0.2, 0.25) is 11.8 Å². The number of carbonyl (C=O) groups excluding carboxylic acids is 4. The summed E-state index contributed by atoms with van der Waals surface area (Å²) in [4.78, 5) is 55.4. The van der Waals surface area contributed by atoms with Crippen molar-refractivity contribution in [3.63, 3.8) is 0 Å². The molecule has 1 saturated heterocycles. The Balaban J connectivity index is 1.62. The van der Waals surface area contributed by atoms with Gasteiger partial charge in [-0.15, -0.1) is 0 Å². The van der Waals surface area contributed by atoms with Gasteiger partial charge in [0.05, 0.1) is 11.4 Å². The third-order valence-corrected chi connectivity index (χ3v) is 6.16. The van der Waals surface area contributed by atoms with Crippen LogP contribution in [0.2, 0.25) is 0 Å². The molecule has 3 amide bonds. The zero-order valence-corrected chi connectivity index (χ0v) is 19.1. The average Bonchev–Trinajstić information content (AvgIpc) is 2.81. The van der Waals surface area contributed by atoms with Crippen LogP contribution < -0.4 is 15.1 Å². The second-order valence-electron chi connectivity index (χ2n) is 8.71. The SMILES string of the molecule is CC(=O)c1ccc(NC(=O)CN2C(=O)[C@@H]3CCCCN3c3ccc(C(=O)N(C)C)cc32)cc1. The quantitative estimate of drug-likeness (QED) is 0.711. The molecule has 1 fully saturated rings. The zero-order chi connectivity index (χ0) is 23.7. The molecular weight excluding hydrogens is 420 g/mol. The van der Waals surface area contributed by atoms with E-state index in [4.69, 9.17) is 0 Å². The summed E-state index contributed by atoms with van der Waals surface area (Å²) < 4.78 is 0. The summed E-state index contributed by atoms with van der Waals surface area (Å²) in [7, 11) is 3.35. The summed E-state index contributed by atoms with van der Waals surface area (Å²) in [5.74, 6) is -0.693. The van der Waals surface area contributed by atoms with E-state index in [-0.39, 0.29) is 36.1 Å². The van der Waals surface area contributed by atoms with Gasteiger partial charge in [-0.05, 0) is 68.7 Å². The molecule has 172 valence electrons. The number of fused-ring (bicyclic) bond motifs is 3. The van der Waals surface area contributed by atoms with E-state index in [0.717, 1.165) is 31.5 Å². The maximum absolute atomic E-state index is 13.4. The Hall–Kier alpha value is -3.68. The van der Waals surface area contributed by atoms with E-state index < -0.39 is 0 Å². The zero-order valence-electron chi connectivity index (χ0n) is 19.1. The van der Waals surface area contributed by atoms with Crippen LogP contribution in [-0.2, 0) is 9.59 Å². The lowest BCUT2D eigenvalue weighted by atomic mass is 9.95. The van der Waals surface area contributed by atoms with E-state index in [0.29, 0.717) is 22.5 Å². The van der Waals surface area contributed by atoms with Crippen LogP contribution in [0.3, 0.4) is 0 Å². The van der Waals surface area contributed by atoms with Gasteiger partial charge in [-0.1, -0.05) is 0 Å². The third kappa shape index (κ3) is 4.46. The topological polar surface area (TPSA) is 90.0 Å². The van der Waals surface area contributed by atoms with Gasteiger partial charge in [0.15, 0.2) is 5.78 Å². The van der Waals surface area contributed by atoms with E-state index in [2.05, 4.69) is 10.2 Å². The molecule has 2 aliphatic rings. The fraction of sp³-hybridized carbons (Fsp3) is 0.360. The molecule has 0 bridgehead atoms. The van der Waals surface area contributed by atoms with Gasteiger partial charge < -0.3 is 15.1 Å². The lowest BCUT2D eigenvalue weighted by Gasteiger charge is -2.45. The summed E-state index contributed by atoms with van der Waals surface area (Å²) in [5.41, 5.74) is 3.02. The van der Waals surface area contributed by atoms with Gasteiger partial charge in [0.1, 0.15) is 12.6 Å². The van der Waals surface area contributed by atoms with Crippen LogP contribution in [0.5, 0.6) is 0 Å². The maximum Gasteiger partial charge on any atom is 0.253 e. The number of ketones is 1. The number of hydrogen-bond donors (Lipinski definition) is 1. The number of Topliss-reactive ketones (excluding diaryl/α,β-unsaturated/α-hetero) is 1. The van der Waals surface area contributed by atoms with Crippen molar-refractivity contribution in [1.82, 2.24) is 4.90 Å². The summed E-state index contributed by atoms with van der Waals surface area (Å²) in [6.07, 6.45) is 2.70. The summed E-state index contributed by atoms with van der Waals surface area (Å²) in [6.45, 7) is 2.09. The van der Waals surface area contributed by atoms with E-state index in [1.807, 2.05) is 6.07 Å². The Morgan fingerprint density at radius 1 is 1.00 bits per heavy atom. The molecule has 1 atom stereocenters. The highest BCUT2D eigenvalue weighted by atomic mass is 16.2. The van der Waals surface area contributed by atoms with E-state index in [9.17, 15) is 19.2 Å². The Bertz CT molecular complexity index is 1110. The number of anilines is 3. The van der Waals surface area contributed by atoms with Crippen molar-refractivity contribution in [2.75, 3.05) is 42.3 Å². The minimum absolute atomic E-state index is 0.0523. The van der Waals surface area contributed by atoms with Crippen LogP contribution in [-0.4, -0.2) is 61.6 Å². The fourth-order valence-electron chi connectivity index (χ4n) is 4.44. The first-order valence-electron chi connectivity index (χ1n) is 11.1. The summed E-state index contributed by atoms with van der Waals surface area (Å²) in [5, 5.41) is 2.80. The first-order valence-corrected chi connectivity index (χ1v) is 11.1. The minimum Gasteiger partial charge on any atom is -0.358 e. The van der Waals surface area contributed by atoms with E-state index >= 15 is 0 Å². The first-order chi connectivity index (χ1) is 15.8. The molecule has 2 aliphatic heterocycles. The average molecular weight is 449 g/mol. The lowest BCUT2D eigenvalue weighted by molar-refractivity contribution is -0.123. The Labute approximate surface area is 193 Å². The third-order valence-electron chi connectivity index (χ3n) is 6.16. The number of carbonyl (C=O) groups is 4. The Morgan fingerprint density at radius 3 is 2.36 bits per heavy atom. The molecule has 0 aromatic heterocycles. The molecule has 8 nitrogen and oxygen atoms in total. The van der Waals surface area contributed by atoms with Crippen LogP contribution in [0.4, 0.5) is 17.1 Å². The van der Waals surface area contributed by atoms with Crippen LogP contribution >= 0.6 is 0 Å². The predicted octanol–water partition coefficient (Wildman–Crippen LogP) is 2.94. The van der Waals surface area contributed by atoms with Gasteiger partial charge in [0, 0.05) is 37.5 Å². The molecule has 0 aliphatic carbocycles. The van der Waals surface area contributed by atoms with E-state index in [1.54, 1.807) is 50.5 Å². The second-order valence-corrected chi connectivity index (χ2v) is 8.71. The Kier molecular flexibility index (Phi) is 6.18. The number of amides is 3. The normalized spacial score (nSPS) is 17.2. The largest absolute Gasteiger partial charge is 0.358 e. The molecule has 2 aromatic rings. The van der Waals surface area contributed by atoms with Gasteiger partial charge >= 0.3 is 0 Å². The van der Waals surface area contributed by atoms with Gasteiger partial charge in [-0.2, -0.15) is 0 Å². The first kappa shape index (κ1) is 22.5. The molecule has 0 radical (unpaired) electrons. The molecule has 0 unspecified atom stereocenters. The van der Waals surface area contributed by atoms with Crippen LogP contribution in [0.1, 0.15) is 46.9 Å². The second kappa shape index (κ2) is 9.05. The molecule has 0 saturated carbocycles. The van der Waals surface area contributed by atoms with Crippen molar-refractivity contribution in [1.29, 1.82) is 0 Å². The van der Waals surface area contributed by atoms with E-state index in [1.165, 1.54) is 16.7 Å². The van der Waals surface area contributed by atoms with Gasteiger partial charge in [0.25, 0.3) is 5.91 Å². The molecule has 2 heterocycles. The number of piperidine rings is 1. The van der Waals surface area contributed by atoms with Crippen molar-refractivity contribution in [3.8, 4) is 0 Å². The van der Waals surface area contributed by atoms with Crippen LogP contribution in [0.25, 0.3) is 0 Å². The number of benzene rings is 2. The van der Waals surface area contributed by atoms with Crippen molar-refractivity contribution in [2.45, 2.75) is 32.2 Å². The summed E-state index contributed by atoms with van der Waals surface area (Å²) in [6, 6.07) is 11.7.